The second kappa shape index (κ2) is 9.35. The van der Waals surface area contributed by atoms with Crippen molar-refractivity contribution in [2.24, 2.45) is 10.7 Å². The van der Waals surface area contributed by atoms with E-state index in [9.17, 15) is 4.79 Å². The number of aliphatic imine (C=N–C) groups is 1. The number of benzene rings is 1. The van der Waals surface area contributed by atoms with Gasteiger partial charge in [0, 0.05) is 37.2 Å². The van der Waals surface area contributed by atoms with Gasteiger partial charge in [-0.3, -0.25) is 9.79 Å². The number of carbonyl (C=O) groups is 1. The Balaban J connectivity index is 1.57. The molecule has 0 aromatic heterocycles. The van der Waals surface area contributed by atoms with Crippen molar-refractivity contribution in [3.63, 3.8) is 0 Å². The van der Waals surface area contributed by atoms with Crippen LogP contribution in [0.15, 0.2) is 29.3 Å². The van der Waals surface area contributed by atoms with Gasteiger partial charge in [-0.05, 0) is 30.5 Å². The van der Waals surface area contributed by atoms with Crippen molar-refractivity contribution in [3.8, 4) is 5.75 Å². The van der Waals surface area contributed by atoms with Gasteiger partial charge in [-0.1, -0.05) is 31.4 Å². The predicted molar refractivity (Wildman–Crippen MR) is 111 cm³/mol. The number of amides is 1. The average Bonchev–Trinajstić information content (AvgIpc) is 2.68. The van der Waals surface area contributed by atoms with Gasteiger partial charge in [-0.2, -0.15) is 11.8 Å². The van der Waals surface area contributed by atoms with Gasteiger partial charge in [0.05, 0.1) is 0 Å². The first-order chi connectivity index (χ1) is 13.1. The fourth-order valence-electron chi connectivity index (χ4n) is 3.94. The molecule has 1 saturated heterocycles. The van der Waals surface area contributed by atoms with Crippen molar-refractivity contribution >= 4 is 23.6 Å². The minimum Gasteiger partial charge on any atom is -0.484 e. The van der Waals surface area contributed by atoms with Gasteiger partial charge in [0.2, 0.25) is 0 Å². The number of nitrogens with zero attached hydrogens (tertiary/aromatic N) is 2. The summed E-state index contributed by atoms with van der Waals surface area (Å²) in [4.78, 5) is 17.8. The summed E-state index contributed by atoms with van der Waals surface area (Å²) in [7, 11) is 1.85. The summed E-state index contributed by atoms with van der Waals surface area (Å²) in [6.07, 6.45) is 6.73. The number of nitrogens with one attached hydrogen (secondary N) is 1. The molecule has 6 nitrogen and oxygen atoms in total. The van der Waals surface area contributed by atoms with E-state index in [1.807, 2.05) is 31.3 Å². The molecule has 2 fully saturated rings. The van der Waals surface area contributed by atoms with Crippen LogP contribution >= 0.6 is 11.8 Å². The second-order valence-corrected chi connectivity index (χ2v) is 8.88. The maximum absolute atomic E-state index is 10.9. The molecule has 1 amide bonds. The Morgan fingerprint density at radius 1 is 1.37 bits per heavy atom. The molecule has 148 valence electrons. The first-order valence-corrected chi connectivity index (χ1v) is 10.7. The van der Waals surface area contributed by atoms with Crippen molar-refractivity contribution < 1.29 is 9.53 Å². The lowest BCUT2D eigenvalue weighted by Crippen LogP contribution is -2.53. The molecule has 1 spiro atoms. The van der Waals surface area contributed by atoms with Crippen LogP contribution in [0.4, 0.5) is 0 Å². The second-order valence-electron chi connectivity index (χ2n) is 7.32. The molecular formula is C20H30N4O2S. The van der Waals surface area contributed by atoms with Crippen LogP contribution in [0.2, 0.25) is 0 Å². The monoisotopic (exact) mass is 390 g/mol. The third-order valence-corrected chi connectivity index (χ3v) is 6.79. The molecule has 0 radical (unpaired) electrons. The summed E-state index contributed by atoms with van der Waals surface area (Å²) in [6, 6.07) is 7.71. The highest BCUT2D eigenvalue weighted by Gasteiger charge is 2.38. The summed E-state index contributed by atoms with van der Waals surface area (Å²) >= 11 is 2.16. The lowest BCUT2D eigenvalue weighted by atomic mass is 9.87. The van der Waals surface area contributed by atoms with E-state index < -0.39 is 5.91 Å². The minimum absolute atomic E-state index is 0.105. The summed E-state index contributed by atoms with van der Waals surface area (Å²) in [5.41, 5.74) is 6.22. The fraction of sp³-hybridized carbons (Fsp3) is 0.600. The van der Waals surface area contributed by atoms with Crippen LogP contribution in [-0.2, 0) is 11.3 Å². The summed E-state index contributed by atoms with van der Waals surface area (Å²) in [6.45, 7) is 2.68. The molecular weight excluding hydrogens is 360 g/mol. The number of carbonyl (C=O) groups excluding carboxylic acids is 1. The highest BCUT2D eigenvalue weighted by Crippen LogP contribution is 2.42. The summed E-state index contributed by atoms with van der Waals surface area (Å²) < 4.78 is 5.80. The molecule has 0 bridgehead atoms. The molecule has 1 heterocycles. The average molecular weight is 391 g/mol. The van der Waals surface area contributed by atoms with Gasteiger partial charge in [0.15, 0.2) is 12.6 Å². The summed E-state index contributed by atoms with van der Waals surface area (Å²) in [5, 5.41) is 3.49. The van der Waals surface area contributed by atoms with Crippen molar-refractivity contribution in [2.75, 3.05) is 32.5 Å². The molecule has 27 heavy (non-hydrogen) atoms. The van der Waals surface area contributed by atoms with Crippen LogP contribution < -0.4 is 15.8 Å². The normalized spacial score (nSPS) is 19.7. The molecule has 3 rings (SSSR count). The van der Waals surface area contributed by atoms with Crippen LogP contribution in [0.5, 0.6) is 5.75 Å². The first kappa shape index (κ1) is 19.9. The number of ether oxygens (including phenoxy) is 1. The molecule has 1 aliphatic carbocycles. The number of guanidine groups is 1. The molecule has 3 N–H and O–H groups in total. The molecule has 1 aliphatic heterocycles. The Kier molecular flexibility index (Phi) is 6.88. The van der Waals surface area contributed by atoms with Gasteiger partial charge in [-0.25, -0.2) is 0 Å². The lowest BCUT2D eigenvalue weighted by Gasteiger charge is -2.45. The van der Waals surface area contributed by atoms with E-state index in [-0.39, 0.29) is 6.61 Å². The lowest BCUT2D eigenvalue weighted by molar-refractivity contribution is -0.119. The standard InChI is InChI=1S/C20H30N4O2S/c1-22-19(24-10-11-27-20(15-24)8-3-2-4-9-20)23-13-16-6-5-7-17(12-16)26-14-18(21)25/h5-7,12H,2-4,8-11,13-15H2,1H3,(H2,21,25)(H,22,23). The zero-order valence-electron chi connectivity index (χ0n) is 16.1. The Bertz CT molecular complexity index is 668. The number of thioether (sulfide) groups is 1. The predicted octanol–water partition coefficient (Wildman–Crippen LogP) is 2.38. The third-order valence-electron chi connectivity index (χ3n) is 5.25. The molecule has 1 aromatic rings. The van der Waals surface area contributed by atoms with Crippen LogP contribution in [0.3, 0.4) is 0 Å². The number of rotatable bonds is 5. The van der Waals surface area contributed by atoms with Gasteiger partial charge < -0.3 is 20.7 Å². The zero-order chi connectivity index (χ0) is 19.1. The van der Waals surface area contributed by atoms with Crippen molar-refractivity contribution in [1.82, 2.24) is 10.2 Å². The number of hydrogen-bond acceptors (Lipinski definition) is 4. The van der Waals surface area contributed by atoms with Crippen LogP contribution in [0.1, 0.15) is 37.7 Å². The highest BCUT2D eigenvalue weighted by atomic mass is 32.2. The third kappa shape index (κ3) is 5.54. The van der Waals surface area contributed by atoms with E-state index in [2.05, 4.69) is 27.0 Å². The first-order valence-electron chi connectivity index (χ1n) is 9.70. The maximum atomic E-state index is 10.9. The number of nitrogens with two attached hydrogens (primary N) is 1. The molecule has 7 heteroatoms. The molecule has 0 atom stereocenters. The number of hydrogen-bond donors (Lipinski definition) is 2. The van der Waals surface area contributed by atoms with E-state index in [1.165, 1.54) is 32.1 Å². The Morgan fingerprint density at radius 3 is 2.93 bits per heavy atom. The van der Waals surface area contributed by atoms with E-state index >= 15 is 0 Å². The molecule has 1 saturated carbocycles. The molecule has 0 unspecified atom stereocenters. The molecule has 1 aromatic carbocycles. The van der Waals surface area contributed by atoms with Gasteiger partial charge in [0.25, 0.3) is 5.91 Å². The van der Waals surface area contributed by atoms with Gasteiger partial charge in [-0.15, -0.1) is 0 Å². The summed E-state index contributed by atoms with van der Waals surface area (Å²) in [5.74, 6) is 2.30. The zero-order valence-corrected chi connectivity index (χ0v) is 16.9. The van der Waals surface area contributed by atoms with E-state index in [1.54, 1.807) is 0 Å². The van der Waals surface area contributed by atoms with E-state index in [0.717, 1.165) is 30.4 Å². The number of primary amides is 1. The SMILES string of the molecule is CN=C(NCc1cccc(OCC(N)=O)c1)N1CCSC2(CCCCC2)C1. The quantitative estimate of drug-likeness (QED) is 0.596. The van der Waals surface area contributed by atoms with E-state index in [4.69, 9.17) is 10.5 Å². The van der Waals surface area contributed by atoms with Gasteiger partial charge >= 0.3 is 0 Å². The Morgan fingerprint density at radius 2 is 2.19 bits per heavy atom. The van der Waals surface area contributed by atoms with Crippen molar-refractivity contribution in [1.29, 1.82) is 0 Å². The largest absolute Gasteiger partial charge is 0.484 e. The minimum atomic E-state index is -0.474. The van der Waals surface area contributed by atoms with Crippen molar-refractivity contribution in [3.05, 3.63) is 29.8 Å². The van der Waals surface area contributed by atoms with Crippen LogP contribution in [0.25, 0.3) is 0 Å². The smallest absolute Gasteiger partial charge is 0.255 e. The Hall–Kier alpha value is -1.89. The van der Waals surface area contributed by atoms with E-state index in [0.29, 0.717) is 17.0 Å². The topological polar surface area (TPSA) is 80.0 Å². The fourth-order valence-corrected chi connectivity index (χ4v) is 5.51. The van der Waals surface area contributed by atoms with Crippen molar-refractivity contribution in [2.45, 2.75) is 43.4 Å². The Labute approximate surface area is 165 Å². The molecule has 2 aliphatic rings. The highest BCUT2D eigenvalue weighted by molar-refractivity contribution is 8.00. The van der Waals surface area contributed by atoms with Gasteiger partial charge in [0.1, 0.15) is 5.75 Å². The maximum Gasteiger partial charge on any atom is 0.255 e. The van der Waals surface area contributed by atoms with Crippen LogP contribution in [-0.4, -0.2) is 54.0 Å². The van der Waals surface area contributed by atoms with Crippen LogP contribution in [0, 0.1) is 0 Å².